The van der Waals surface area contributed by atoms with E-state index in [1.54, 1.807) is 49.4 Å². The molecule has 0 aliphatic heterocycles. The Morgan fingerprint density at radius 2 is 0.985 bits per heavy atom. The Bertz CT molecular complexity index is 2690. The minimum atomic E-state index is -4.66. The molecular weight excluding hydrogens is 905 g/mol. The van der Waals surface area contributed by atoms with E-state index in [1.807, 2.05) is 4.90 Å². The van der Waals surface area contributed by atoms with Crippen LogP contribution in [0.4, 0.5) is 88.0 Å². The summed E-state index contributed by atoms with van der Waals surface area (Å²) >= 11 is 6.50. The van der Waals surface area contributed by atoms with E-state index in [4.69, 9.17) is 17.3 Å². The molecule has 0 aliphatic carbocycles. The summed E-state index contributed by atoms with van der Waals surface area (Å²) in [4.78, 5) is 42.4. The van der Waals surface area contributed by atoms with E-state index in [1.165, 1.54) is 18.2 Å². The Morgan fingerprint density at radius 1 is 0.530 bits per heavy atom. The van der Waals surface area contributed by atoms with Crippen molar-refractivity contribution in [2.45, 2.75) is 45.1 Å². The lowest BCUT2D eigenvalue weighted by molar-refractivity contribution is -0.138. The molecule has 6 aromatic rings. The van der Waals surface area contributed by atoms with Crippen LogP contribution < -0.4 is 31.9 Å². The number of carbonyl (C=O) groups is 3. The molecule has 0 aliphatic rings. The lowest BCUT2D eigenvalue weighted by atomic mass is 10.1. The van der Waals surface area contributed by atoms with Crippen LogP contribution in [0.1, 0.15) is 38.9 Å². The zero-order chi connectivity index (χ0) is 48.0. The van der Waals surface area contributed by atoms with Gasteiger partial charge in [-0.05, 0) is 127 Å². The van der Waals surface area contributed by atoms with Crippen molar-refractivity contribution in [1.82, 2.24) is 4.90 Å². The molecule has 344 valence electrons. The van der Waals surface area contributed by atoms with Crippen molar-refractivity contribution in [2.75, 3.05) is 26.2 Å². The Balaban J connectivity index is 1.34. The van der Waals surface area contributed by atoms with Crippen LogP contribution in [0, 0.1) is 6.92 Å². The molecule has 0 aromatic heterocycles. The molecule has 0 atom stereocenters. The number of aryl methyl sites for hydroxylation is 1. The van der Waals surface area contributed by atoms with Gasteiger partial charge in [-0.2, -0.15) is 39.5 Å². The van der Waals surface area contributed by atoms with Crippen molar-refractivity contribution in [2.24, 2.45) is 5.73 Å². The highest BCUT2D eigenvalue weighted by molar-refractivity contribution is 6.30. The number of primary amides is 1. The second kappa shape index (κ2) is 19.9. The first kappa shape index (κ1) is 48.2. The van der Waals surface area contributed by atoms with E-state index in [-0.39, 0.29) is 58.8 Å². The monoisotopic (exact) mass is 941 g/mol. The lowest BCUT2D eigenvalue weighted by Gasteiger charge is -2.29. The smallest absolute Gasteiger partial charge is 0.351 e. The summed E-state index contributed by atoms with van der Waals surface area (Å²) in [5.74, 6) is 0. The summed E-state index contributed by atoms with van der Waals surface area (Å²) in [5.41, 5.74) is 6.05. The first-order valence-corrected chi connectivity index (χ1v) is 19.9. The molecule has 0 unspecified atom stereocenters. The normalized spacial score (nSPS) is 11.8. The zero-order valence-corrected chi connectivity index (χ0v) is 35.1. The van der Waals surface area contributed by atoms with Crippen molar-refractivity contribution >= 4 is 63.8 Å². The maximum absolute atomic E-state index is 13.5. The van der Waals surface area contributed by atoms with Crippen LogP contribution in [-0.4, -0.2) is 23.0 Å². The molecule has 20 heteroatoms. The van der Waals surface area contributed by atoms with Gasteiger partial charge in [-0.3, -0.25) is 9.80 Å². The number of halogens is 10. The van der Waals surface area contributed by atoms with Gasteiger partial charge in [-0.25, -0.2) is 14.4 Å². The topological polar surface area (TPSA) is 132 Å². The third-order valence-electron chi connectivity index (χ3n) is 9.85. The summed E-state index contributed by atoms with van der Waals surface area (Å²) in [6, 6.07) is 24.9. The molecule has 0 saturated heterocycles. The Kier molecular flexibility index (Phi) is 14.5. The number of benzene rings is 6. The highest BCUT2D eigenvalue weighted by Gasteiger charge is 2.32. The molecule has 10 nitrogen and oxygen atoms in total. The third-order valence-corrected chi connectivity index (χ3v) is 10.1. The quantitative estimate of drug-likeness (QED) is 0.0782. The van der Waals surface area contributed by atoms with Gasteiger partial charge in [-0.15, -0.1) is 0 Å². The molecule has 0 radical (unpaired) electrons. The predicted octanol–water partition coefficient (Wildman–Crippen LogP) is 13.4. The average Bonchev–Trinajstić information content (AvgIpc) is 3.23. The summed E-state index contributed by atoms with van der Waals surface area (Å²) in [7, 11) is 0. The number of hydrogen-bond acceptors (Lipinski definition) is 4. The summed E-state index contributed by atoms with van der Waals surface area (Å²) in [6.07, 6.45) is -13.8. The van der Waals surface area contributed by atoms with Gasteiger partial charge < -0.3 is 27.0 Å². The molecule has 6 N–H and O–H groups in total. The maximum Gasteiger partial charge on any atom is 0.416 e. The molecular formula is C46H37ClF9N7O3. The molecule has 0 saturated carbocycles. The van der Waals surface area contributed by atoms with Gasteiger partial charge in [0.1, 0.15) is 0 Å². The predicted molar refractivity (Wildman–Crippen MR) is 233 cm³/mol. The van der Waals surface area contributed by atoms with E-state index in [9.17, 15) is 53.9 Å². The number of alkyl halides is 9. The number of urea groups is 3. The van der Waals surface area contributed by atoms with Crippen LogP contribution in [-0.2, 0) is 38.2 Å². The molecule has 6 amide bonds. The second-order valence-electron chi connectivity index (χ2n) is 14.8. The fraction of sp³-hybridized carbons (Fsp3) is 0.152. The van der Waals surface area contributed by atoms with Gasteiger partial charge in [-0.1, -0.05) is 47.5 Å². The maximum atomic E-state index is 13.5. The van der Waals surface area contributed by atoms with E-state index in [0.717, 1.165) is 83.3 Å². The minimum Gasteiger partial charge on any atom is -0.351 e. The molecule has 0 heterocycles. The first-order valence-electron chi connectivity index (χ1n) is 19.5. The molecule has 6 aromatic carbocycles. The van der Waals surface area contributed by atoms with Crippen LogP contribution in [0.15, 0.2) is 133 Å². The number of carbonyl (C=O) groups excluding carboxylic acids is 3. The van der Waals surface area contributed by atoms with Crippen molar-refractivity contribution < 1.29 is 53.9 Å². The molecule has 0 bridgehead atoms. The fourth-order valence-electron chi connectivity index (χ4n) is 6.78. The van der Waals surface area contributed by atoms with E-state index in [0.29, 0.717) is 16.7 Å². The zero-order valence-electron chi connectivity index (χ0n) is 34.3. The lowest BCUT2D eigenvalue weighted by Crippen LogP contribution is -2.33. The van der Waals surface area contributed by atoms with E-state index in [2.05, 4.69) is 21.3 Å². The van der Waals surface area contributed by atoms with Crippen molar-refractivity contribution in [3.05, 3.63) is 177 Å². The average molecular weight is 942 g/mol. The largest absolute Gasteiger partial charge is 0.416 e. The number of para-hydroxylation sites is 1. The summed E-state index contributed by atoms with van der Waals surface area (Å²) in [6.45, 7) is 1.73. The number of hydrogen-bond donors (Lipinski definition) is 5. The van der Waals surface area contributed by atoms with Crippen molar-refractivity contribution in [3.8, 4) is 0 Å². The van der Waals surface area contributed by atoms with E-state index >= 15 is 0 Å². The Morgan fingerprint density at radius 3 is 1.48 bits per heavy atom. The minimum absolute atomic E-state index is 0.00320. The van der Waals surface area contributed by atoms with Gasteiger partial charge in [0.15, 0.2) is 0 Å². The number of amides is 6. The standard InChI is InChI=1S/C46H37ClF9N7O3/c1-27-6-20-39(61-43(66)59-36-16-9-32(10-17-36)45(51,52)53)29(22-27)25-62(24-28-4-2-3-5-38(28)60-42(65)58-35-14-7-31(8-15-35)44(48,49)50)26-30-23-34(47)13-21-40(30)63(41(57)64)37-18-11-33(12-19-37)46(54,55)56/h2-23H,24-26H2,1H3,(H2,57,64)(H2,58,60,65)(H2,59,61,66). The van der Waals surface area contributed by atoms with Gasteiger partial charge >= 0.3 is 36.6 Å². The number of anilines is 6. The fourth-order valence-corrected chi connectivity index (χ4v) is 6.98. The Hall–Kier alpha value is -7.25. The van der Waals surface area contributed by atoms with Gasteiger partial charge in [0, 0.05) is 47.4 Å². The third kappa shape index (κ3) is 12.7. The SMILES string of the molecule is Cc1ccc(NC(=O)Nc2ccc(C(F)(F)F)cc2)c(CN(Cc2ccccc2NC(=O)Nc2ccc(C(F)(F)F)cc2)Cc2cc(Cl)ccc2N(C(N)=O)c2ccc(C(F)(F)F)cc2)c1. The number of nitrogens with zero attached hydrogens (tertiary/aromatic N) is 2. The number of nitrogens with one attached hydrogen (secondary N) is 4. The van der Waals surface area contributed by atoms with Crippen molar-refractivity contribution in [1.29, 1.82) is 0 Å². The van der Waals surface area contributed by atoms with Crippen LogP contribution in [0.2, 0.25) is 5.02 Å². The van der Waals surface area contributed by atoms with Crippen LogP contribution in [0.3, 0.4) is 0 Å². The first-order chi connectivity index (χ1) is 31.0. The van der Waals surface area contributed by atoms with Gasteiger partial charge in [0.05, 0.1) is 28.1 Å². The van der Waals surface area contributed by atoms with Crippen LogP contribution in [0.25, 0.3) is 0 Å². The summed E-state index contributed by atoms with van der Waals surface area (Å²) in [5, 5.41) is 10.7. The molecule has 66 heavy (non-hydrogen) atoms. The van der Waals surface area contributed by atoms with Crippen molar-refractivity contribution in [3.63, 3.8) is 0 Å². The highest BCUT2D eigenvalue weighted by atomic mass is 35.5. The van der Waals surface area contributed by atoms with E-state index < -0.39 is 53.3 Å². The summed E-state index contributed by atoms with van der Waals surface area (Å²) < 4.78 is 119. The Labute approximate surface area is 376 Å². The van der Waals surface area contributed by atoms with Gasteiger partial charge in [0.2, 0.25) is 0 Å². The number of rotatable bonds is 12. The van der Waals surface area contributed by atoms with Crippen LogP contribution >= 0.6 is 11.6 Å². The second-order valence-corrected chi connectivity index (χ2v) is 15.2. The highest BCUT2D eigenvalue weighted by Crippen LogP contribution is 2.37. The van der Waals surface area contributed by atoms with Gasteiger partial charge in [0.25, 0.3) is 0 Å². The number of nitrogens with two attached hydrogens (primary N) is 1. The molecule has 0 spiro atoms. The molecule has 0 fully saturated rings. The van der Waals surface area contributed by atoms with Crippen LogP contribution in [0.5, 0.6) is 0 Å². The molecule has 6 rings (SSSR count).